The molecule has 0 saturated heterocycles. The summed E-state index contributed by atoms with van der Waals surface area (Å²) in [7, 11) is 0. The molecule has 0 spiro atoms. The number of fused-ring (bicyclic) bond motifs is 1. The van der Waals surface area contributed by atoms with E-state index in [9.17, 15) is 9.90 Å². The largest absolute Gasteiger partial charge is 0.478 e. The van der Waals surface area contributed by atoms with E-state index in [1.165, 1.54) is 12.8 Å². The molecule has 1 aromatic carbocycles. The lowest BCUT2D eigenvalue weighted by Gasteiger charge is -2.16. The molecule has 1 aromatic heterocycles. The van der Waals surface area contributed by atoms with Crippen molar-refractivity contribution < 1.29 is 9.90 Å². The number of anilines is 1. The Morgan fingerprint density at radius 2 is 2.20 bits per heavy atom. The summed E-state index contributed by atoms with van der Waals surface area (Å²) in [5.41, 5.74) is 1.06. The SMILES string of the molecule is CC(CC1CC1)Nc1nc2ccccc2cc1C(=O)O. The van der Waals surface area contributed by atoms with Gasteiger partial charge in [-0.1, -0.05) is 31.0 Å². The van der Waals surface area contributed by atoms with Crippen LogP contribution in [-0.2, 0) is 0 Å². The maximum absolute atomic E-state index is 11.4. The van der Waals surface area contributed by atoms with Crippen molar-refractivity contribution in [3.8, 4) is 0 Å². The Kier molecular flexibility index (Phi) is 3.30. The molecule has 1 aliphatic rings. The number of para-hydroxylation sites is 1. The van der Waals surface area contributed by atoms with Crippen LogP contribution < -0.4 is 5.32 Å². The lowest BCUT2D eigenvalue weighted by atomic mass is 10.1. The van der Waals surface area contributed by atoms with E-state index in [0.29, 0.717) is 5.82 Å². The first-order valence-electron chi connectivity index (χ1n) is 7.03. The van der Waals surface area contributed by atoms with Crippen LogP contribution in [0.2, 0.25) is 0 Å². The lowest BCUT2D eigenvalue weighted by molar-refractivity contribution is 0.0697. The first-order valence-corrected chi connectivity index (χ1v) is 7.03. The Morgan fingerprint density at radius 3 is 2.90 bits per heavy atom. The predicted octanol–water partition coefficient (Wildman–Crippen LogP) is 3.53. The van der Waals surface area contributed by atoms with Gasteiger partial charge in [0.05, 0.1) is 5.52 Å². The lowest BCUT2D eigenvalue weighted by Crippen LogP contribution is -2.19. The molecule has 104 valence electrons. The maximum Gasteiger partial charge on any atom is 0.339 e. The van der Waals surface area contributed by atoms with Crippen molar-refractivity contribution in [1.82, 2.24) is 4.98 Å². The van der Waals surface area contributed by atoms with Crippen LogP contribution in [0.15, 0.2) is 30.3 Å². The second-order valence-electron chi connectivity index (χ2n) is 5.61. The summed E-state index contributed by atoms with van der Waals surface area (Å²) in [6.45, 7) is 2.08. The van der Waals surface area contributed by atoms with E-state index in [-0.39, 0.29) is 11.6 Å². The van der Waals surface area contributed by atoms with E-state index in [2.05, 4.69) is 17.2 Å². The molecule has 1 fully saturated rings. The number of aromatic nitrogens is 1. The Morgan fingerprint density at radius 1 is 1.45 bits per heavy atom. The Bertz CT molecular complexity index is 650. The molecule has 20 heavy (non-hydrogen) atoms. The van der Waals surface area contributed by atoms with Gasteiger partial charge in [-0.2, -0.15) is 0 Å². The zero-order chi connectivity index (χ0) is 14.1. The molecule has 1 atom stereocenters. The van der Waals surface area contributed by atoms with Crippen LogP contribution in [0.3, 0.4) is 0 Å². The number of carboxylic acid groups (broad SMARTS) is 1. The van der Waals surface area contributed by atoms with Gasteiger partial charge in [0.2, 0.25) is 0 Å². The van der Waals surface area contributed by atoms with E-state index >= 15 is 0 Å². The minimum absolute atomic E-state index is 0.242. The van der Waals surface area contributed by atoms with E-state index in [1.54, 1.807) is 6.07 Å². The van der Waals surface area contributed by atoms with E-state index < -0.39 is 5.97 Å². The third-order valence-electron chi connectivity index (χ3n) is 3.72. The molecule has 0 aliphatic heterocycles. The Hall–Kier alpha value is -2.10. The third-order valence-corrected chi connectivity index (χ3v) is 3.72. The zero-order valence-electron chi connectivity index (χ0n) is 11.5. The van der Waals surface area contributed by atoms with Gasteiger partial charge in [-0.15, -0.1) is 0 Å². The molecule has 1 aliphatic carbocycles. The maximum atomic E-state index is 11.4. The normalized spacial score (nSPS) is 16.1. The third kappa shape index (κ3) is 2.74. The van der Waals surface area contributed by atoms with Gasteiger partial charge >= 0.3 is 5.97 Å². The van der Waals surface area contributed by atoms with E-state index in [0.717, 1.165) is 23.2 Å². The van der Waals surface area contributed by atoms with Gasteiger partial charge in [-0.3, -0.25) is 0 Å². The topological polar surface area (TPSA) is 62.2 Å². The second-order valence-corrected chi connectivity index (χ2v) is 5.61. The predicted molar refractivity (Wildman–Crippen MR) is 79.1 cm³/mol. The fourth-order valence-electron chi connectivity index (χ4n) is 2.53. The first kappa shape index (κ1) is 12.9. The van der Waals surface area contributed by atoms with Crippen molar-refractivity contribution in [2.24, 2.45) is 5.92 Å². The van der Waals surface area contributed by atoms with Crippen LogP contribution in [0.5, 0.6) is 0 Å². The summed E-state index contributed by atoms with van der Waals surface area (Å²) in [6.07, 6.45) is 3.67. The van der Waals surface area contributed by atoms with Crippen molar-refractivity contribution in [3.05, 3.63) is 35.9 Å². The Labute approximate surface area is 117 Å². The number of pyridine rings is 1. The highest BCUT2D eigenvalue weighted by molar-refractivity contribution is 5.98. The number of aromatic carboxylic acids is 1. The summed E-state index contributed by atoms with van der Waals surface area (Å²) >= 11 is 0. The first-order chi connectivity index (χ1) is 9.63. The molecule has 2 aromatic rings. The highest BCUT2D eigenvalue weighted by Gasteiger charge is 2.24. The number of carboxylic acids is 1. The van der Waals surface area contributed by atoms with Gasteiger partial charge in [0.1, 0.15) is 11.4 Å². The van der Waals surface area contributed by atoms with Crippen LogP contribution in [0, 0.1) is 5.92 Å². The number of carbonyl (C=O) groups is 1. The average Bonchev–Trinajstić information content (AvgIpc) is 3.21. The fraction of sp³-hybridized carbons (Fsp3) is 0.375. The molecule has 0 amide bonds. The number of nitrogens with zero attached hydrogens (tertiary/aromatic N) is 1. The standard InChI is InChI=1S/C16H18N2O2/c1-10(8-11-6-7-11)17-15-13(16(19)20)9-12-4-2-3-5-14(12)18-15/h2-5,9-11H,6-8H2,1H3,(H,17,18)(H,19,20). The van der Waals surface area contributed by atoms with Crippen molar-refractivity contribution in [2.75, 3.05) is 5.32 Å². The molecule has 0 bridgehead atoms. The van der Waals surface area contributed by atoms with Crippen LogP contribution >= 0.6 is 0 Å². The molecule has 4 heteroatoms. The average molecular weight is 270 g/mol. The summed E-state index contributed by atoms with van der Waals surface area (Å²) in [5.74, 6) is 0.333. The van der Waals surface area contributed by atoms with Crippen molar-refractivity contribution in [3.63, 3.8) is 0 Å². The van der Waals surface area contributed by atoms with E-state index in [1.807, 2.05) is 24.3 Å². The minimum atomic E-state index is -0.940. The highest BCUT2D eigenvalue weighted by atomic mass is 16.4. The number of hydrogen-bond donors (Lipinski definition) is 2. The van der Waals surface area contributed by atoms with Gasteiger partial charge in [0, 0.05) is 11.4 Å². The number of hydrogen-bond acceptors (Lipinski definition) is 3. The van der Waals surface area contributed by atoms with Gasteiger partial charge in [-0.05, 0) is 31.4 Å². The van der Waals surface area contributed by atoms with Crippen molar-refractivity contribution in [2.45, 2.75) is 32.2 Å². The molecule has 2 N–H and O–H groups in total. The van der Waals surface area contributed by atoms with Crippen molar-refractivity contribution in [1.29, 1.82) is 0 Å². The van der Waals surface area contributed by atoms with Crippen LogP contribution in [0.25, 0.3) is 10.9 Å². The molecule has 4 nitrogen and oxygen atoms in total. The fourth-order valence-corrected chi connectivity index (χ4v) is 2.53. The van der Waals surface area contributed by atoms with Gasteiger partial charge < -0.3 is 10.4 Å². The molecule has 1 saturated carbocycles. The molecule has 1 unspecified atom stereocenters. The summed E-state index contributed by atoms with van der Waals surface area (Å²) < 4.78 is 0. The number of rotatable bonds is 5. The van der Waals surface area contributed by atoms with Crippen molar-refractivity contribution >= 4 is 22.7 Å². The van der Waals surface area contributed by atoms with Gasteiger partial charge in [-0.25, -0.2) is 9.78 Å². The molecular formula is C16H18N2O2. The van der Waals surface area contributed by atoms with E-state index in [4.69, 9.17) is 0 Å². The number of nitrogens with one attached hydrogen (secondary N) is 1. The van der Waals surface area contributed by atoms with Gasteiger partial charge in [0.15, 0.2) is 0 Å². The zero-order valence-corrected chi connectivity index (χ0v) is 11.5. The van der Waals surface area contributed by atoms with Gasteiger partial charge in [0.25, 0.3) is 0 Å². The van der Waals surface area contributed by atoms with Crippen LogP contribution in [-0.4, -0.2) is 22.1 Å². The smallest absolute Gasteiger partial charge is 0.339 e. The molecule has 0 radical (unpaired) electrons. The highest BCUT2D eigenvalue weighted by Crippen LogP contribution is 2.34. The quantitative estimate of drug-likeness (QED) is 0.872. The number of benzene rings is 1. The summed E-state index contributed by atoms with van der Waals surface area (Å²) in [6, 6.07) is 9.51. The summed E-state index contributed by atoms with van der Waals surface area (Å²) in [4.78, 5) is 15.9. The summed E-state index contributed by atoms with van der Waals surface area (Å²) in [5, 5.41) is 13.5. The molecule has 3 rings (SSSR count). The molecular weight excluding hydrogens is 252 g/mol. The van der Waals surface area contributed by atoms with Crippen LogP contribution in [0.4, 0.5) is 5.82 Å². The monoisotopic (exact) mass is 270 g/mol. The Balaban J connectivity index is 1.93. The second kappa shape index (κ2) is 5.12. The minimum Gasteiger partial charge on any atom is -0.478 e. The van der Waals surface area contributed by atoms with Crippen LogP contribution in [0.1, 0.15) is 36.5 Å². The molecule has 1 heterocycles.